The van der Waals surface area contributed by atoms with Crippen molar-refractivity contribution in [3.05, 3.63) is 118 Å². The molecule has 0 radical (unpaired) electrons. The number of hydrogen-bond acceptors (Lipinski definition) is 2. The lowest BCUT2D eigenvalue weighted by Crippen LogP contribution is -2.27. The molecule has 0 saturated carbocycles. The average Bonchev–Trinajstić information content (AvgIpc) is 3.33. The molecule has 0 fully saturated rings. The summed E-state index contributed by atoms with van der Waals surface area (Å²) in [5, 5.41) is 13.4. The topological polar surface area (TPSA) is 33.4 Å². The van der Waals surface area contributed by atoms with Crippen molar-refractivity contribution in [1.29, 1.82) is 0 Å². The molecule has 144 valence electrons. The van der Waals surface area contributed by atoms with E-state index in [1.54, 1.807) is 6.26 Å². The summed E-state index contributed by atoms with van der Waals surface area (Å²) in [6, 6.07) is 30.2. The molecule has 30 heavy (non-hydrogen) atoms. The van der Waals surface area contributed by atoms with Crippen LogP contribution in [0.4, 0.5) is 0 Å². The summed E-state index contributed by atoms with van der Waals surface area (Å²) < 4.78 is 6.80. The summed E-state index contributed by atoms with van der Waals surface area (Å²) in [5.41, 5.74) is 6.25. The molecule has 1 heterocycles. The van der Waals surface area contributed by atoms with Crippen LogP contribution in [-0.2, 0) is 5.60 Å². The molecule has 0 spiro atoms. The zero-order valence-corrected chi connectivity index (χ0v) is 17.6. The van der Waals surface area contributed by atoms with Crippen LogP contribution in [0.25, 0.3) is 33.2 Å². The Morgan fingerprint density at radius 1 is 0.633 bits per heavy atom. The molecule has 4 aromatic carbocycles. The van der Waals surface area contributed by atoms with E-state index in [2.05, 4.69) is 34.1 Å². The fourth-order valence-corrected chi connectivity index (χ4v) is 5.35. The van der Waals surface area contributed by atoms with E-state index >= 15 is 0 Å². The van der Waals surface area contributed by atoms with Gasteiger partial charge < -0.3 is 9.52 Å². The standard InChI is InChI=1S/C27H17BrO2/c28-24-14-7-13-23-26(24)19-10-2-5-12-22(19)27(23,29)21-11-4-1-8-17(21)20-16-30-25-15-6-3-9-18(20)25/h1-16,29H. The van der Waals surface area contributed by atoms with Gasteiger partial charge in [-0.25, -0.2) is 0 Å². The van der Waals surface area contributed by atoms with Crippen LogP contribution in [0.15, 0.2) is 106 Å². The quantitative estimate of drug-likeness (QED) is 0.309. The molecule has 0 aliphatic heterocycles. The van der Waals surface area contributed by atoms with Crippen LogP contribution in [0.1, 0.15) is 16.7 Å². The number of rotatable bonds is 2. The summed E-state index contributed by atoms with van der Waals surface area (Å²) in [7, 11) is 0. The number of aliphatic hydroxyl groups is 1. The molecule has 1 atom stereocenters. The normalized spacial score (nSPS) is 17.1. The van der Waals surface area contributed by atoms with Crippen molar-refractivity contribution in [2.24, 2.45) is 0 Å². The van der Waals surface area contributed by atoms with E-state index in [1.165, 1.54) is 0 Å². The number of benzene rings is 4. The van der Waals surface area contributed by atoms with Gasteiger partial charge in [-0.05, 0) is 23.3 Å². The van der Waals surface area contributed by atoms with Crippen LogP contribution in [0.2, 0.25) is 0 Å². The van der Waals surface area contributed by atoms with Crippen molar-refractivity contribution < 1.29 is 9.52 Å². The van der Waals surface area contributed by atoms with Crippen molar-refractivity contribution in [3.63, 3.8) is 0 Å². The second kappa shape index (κ2) is 6.43. The fraction of sp³-hybridized carbons (Fsp3) is 0.0370. The Hall–Kier alpha value is -3.14. The lowest BCUT2D eigenvalue weighted by molar-refractivity contribution is 0.131. The van der Waals surface area contributed by atoms with E-state index in [4.69, 9.17) is 4.42 Å². The zero-order chi connectivity index (χ0) is 20.3. The Morgan fingerprint density at radius 2 is 1.27 bits per heavy atom. The minimum Gasteiger partial charge on any atom is -0.464 e. The van der Waals surface area contributed by atoms with E-state index in [0.717, 1.165) is 54.4 Å². The van der Waals surface area contributed by atoms with E-state index in [-0.39, 0.29) is 0 Å². The molecule has 0 saturated heterocycles. The molecule has 1 unspecified atom stereocenters. The molecule has 2 nitrogen and oxygen atoms in total. The number of halogens is 1. The molecule has 0 bridgehead atoms. The fourth-order valence-electron chi connectivity index (χ4n) is 4.77. The van der Waals surface area contributed by atoms with Crippen molar-refractivity contribution in [2.75, 3.05) is 0 Å². The molecule has 3 heteroatoms. The lowest BCUT2D eigenvalue weighted by atomic mass is 9.80. The third kappa shape index (κ3) is 2.28. The van der Waals surface area contributed by atoms with Gasteiger partial charge in [0.15, 0.2) is 0 Å². The summed E-state index contributed by atoms with van der Waals surface area (Å²) in [6.07, 6.45) is 1.79. The van der Waals surface area contributed by atoms with Crippen molar-refractivity contribution >= 4 is 26.9 Å². The molecule has 1 aliphatic carbocycles. The largest absolute Gasteiger partial charge is 0.464 e. The van der Waals surface area contributed by atoms with Gasteiger partial charge in [-0.1, -0.05) is 94.8 Å². The molecule has 0 amide bonds. The first-order valence-corrected chi connectivity index (χ1v) is 10.7. The maximum absolute atomic E-state index is 12.4. The van der Waals surface area contributed by atoms with Gasteiger partial charge in [0, 0.05) is 37.7 Å². The third-order valence-corrected chi connectivity index (χ3v) is 6.74. The van der Waals surface area contributed by atoms with Crippen LogP contribution >= 0.6 is 15.9 Å². The van der Waals surface area contributed by atoms with Gasteiger partial charge in [-0.3, -0.25) is 0 Å². The predicted molar refractivity (Wildman–Crippen MR) is 123 cm³/mol. The van der Waals surface area contributed by atoms with Gasteiger partial charge in [-0.2, -0.15) is 0 Å². The third-order valence-electron chi connectivity index (χ3n) is 6.08. The molecule has 6 rings (SSSR count). The first-order chi connectivity index (χ1) is 14.7. The van der Waals surface area contributed by atoms with Crippen LogP contribution in [-0.4, -0.2) is 5.11 Å². The smallest absolute Gasteiger partial charge is 0.142 e. The van der Waals surface area contributed by atoms with Gasteiger partial charge in [0.2, 0.25) is 0 Å². The van der Waals surface area contributed by atoms with Crippen LogP contribution in [0.5, 0.6) is 0 Å². The number of hydrogen-bond donors (Lipinski definition) is 1. The highest BCUT2D eigenvalue weighted by Crippen LogP contribution is 2.54. The van der Waals surface area contributed by atoms with Gasteiger partial charge in [0.1, 0.15) is 11.2 Å². The molecule has 1 aliphatic rings. The van der Waals surface area contributed by atoms with E-state index < -0.39 is 5.60 Å². The summed E-state index contributed by atoms with van der Waals surface area (Å²) in [5.74, 6) is 0. The monoisotopic (exact) mass is 452 g/mol. The van der Waals surface area contributed by atoms with E-state index in [9.17, 15) is 5.11 Å². The Morgan fingerprint density at radius 3 is 2.10 bits per heavy atom. The van der Waals surface area contributed by atoms with Gasteiger partial charge >= 0.3 is 0 Å². The summed E-state index contributed by atoms with van der Waals surface area (Å²) in [6.45, 7) is 0. The van der Waals surface area contributed by atoms with Crippen molar-refractivity contribution in [3.8, 4) is 22.3 Å². The van der Waals surface area contributed by atoms with E-state index in [0.29, 0.717) is 0 Å². The Balaban J connectivity index is 1.70. The molecular formula is C27H17BrO2. The Bertz CT molecular complexity index is 1430. The second-order valence-corrected chi connectivity index (χ2v) is 8.46. The van der Waals surface area contributed by atoms with Crippen LogP contribution in [0.3, 0.4) is 0 Å². The highest BCUT2D eigenvalue weighted by molar-refractivity contribution is 9.10. The van der Waals surface area contributed by atoms with Gasteiger partial charge in [-0.15, -0.1) is 0 Å². The predicted octanol–water partition coefficient (Wildman–Crippen LogP) is 7.13. The number of fused-ring (bicyclic) bond motifs is 4. The Labute approximate surface area is 182 Å². The highest BCUT2D eigenvalue weighted by Gasteiger charge is 2.45. The van der Waals surface area contributed by atoms with E-state index in [1.807, 2.05) is 72.8 Å². The Kier molecular flexibility index (Phi) is 3.79. The summed E-state index contributed by atoms with van der Waals surface area (Å²) >= 11 is 3.71. The van der Waals surface area contributed by atoms with Crippen molar-refractivity contribution in [2.45, 2.75) is 5.60 Å². The lowest BCUT2D eigenvalue weighted by Gasteiger charge is -2.29. The first kappa shape index (κ1) is 17.7. The average molecular weight is 453 g/mol. The summed E-state index contributed by atoms with van der Waals surface area (Å²) in [4.78, 5) is 0. The zero-order valence-electron chi connectivity index (χ0n) is 16.0. The van der Waals surface area contributed by atoms with Crippen LogP contribution < -0.4 is 0 Å². The number of furan rings is 1. The second-order valence-electron chi connectivity index (χ2n) is 7.61. The maximum atomic E-state index is 12.4. The minimum absolute atomic E-state index is 0.837. The molecule has 1 aromatic heterocycles. The number of para-hydroxylation sites is 1. The van der Waals surface area contributed by atoms with Crippen LogP contribution in [0, 0.1) is 0 Å². The van der Waals surface area contributed by atoms with Crippen molar-refractivity contribution in [1.82, 2.24) is 0 Å². The SMILES string of the molecule is OC1(c2ccccc2-c2coc3ccccc23)c2ccccc2-c2c(Br)cccc21. The highest BCUT2D eigenvalue weighted by atomic mass is 79.9. The maximum Gasteiger partial charge on any atom is 0.142 e. The minimum atomic E-state index is -1.26. The molecule has 1 N–H and O–H groups in total. The molecular weight excluding hydrogens is 436 g/mol. The van der Waals surface area contributed by atoms with Gasteiger partial charge in [0.05, 0.1) is 6.26 Å². The first-order valence-electron chi connectivity index (χ1n) is 9.87. The molecule has 5 aromatic rings. The van der Waals surface area contributed by atoms with Gasteiger partial charge in [0.25, 0.3) is 0 Å².